The molecule has 0 bridgehead atoms. The maximum Gasteiger partial charge on any atom is 0.130 e. The van der Waals surface area contributed by atoms with E-state index >= 15 is 0 Å². The van der Waals surface area contributed by atoms with Gasteiger partial charge in [-0.3, -0.25) is 0 Å². The van der Waals surface area contributed by atoms with E-state index in [2.05, 4.69) is 52.9 Å². The van der Waals surface area contributed by atoms with Crippen LogP contribution in [0.15, 0.2) is 24.3 Å². The minimum Gasteiger partial charge on any atom is -0.406 e. The van der Waals surface area contributed by atoms with E-state index in [0.29, 0.717) is 11.3 Å². The monoisotopic (exact) mass is 220 g/mol. The SMILES string of the molecule is CC(C)[P+]1(C(C)C)[B-]c2ccccc2O1. The minimum atomic E-state index is -1.40. The van der Waals surface area contributed by atoms with E-state index in [-0.39, 0.29) is 0 Å². The molecule has 1 aromatic carbocycles. The Hall–Kier alpha value is -0.485. The zero-order chi connectivity index (χ0) is 11.1. The Morgan fingerprint density at radius 2 is 1.67 bits per heavy atom. The third-order valence-corrected chi connectivity index (χ3v) is 7.55. The van der Waals surface area contributed by atoms with Gasteiger partial charge in [0.05, 0.1) is 11.3 Å². The molecule has 0 fully saturated rings. The van der Waals surface area contributed by atoms with Gasteiger partial charge in [-0.05, 0) is 41.1 Å². The molecule has 1 nitrogen and oxygen atoms in total. The van der Waals surface area contributed by atoms with E-state index in [9.17, 15) is 0 Å². The lowest BCUT2D eigenvalue weighted by Crippen LogP contribution is -2.24. The van der Waals surface area contributed by atoms with Crippen molar-refractivity contribution >= 4 is 19.8 Å². The second-order valence-electron chi connectivity index (χ2n) is 4.71. The molecule has 80 valence electrons. The quantitative estimate of drug-likeness (QED) is 0.549. The molecular formula is C12H18BOP. The molecule has 3 heteroatoms. The number of para-hydroxylation sites is 1. The van der Waals surface area contributed by atoms with Gasteiger partial charge >= 0.3 is 0 Å². The normalized spacial score (nSPS) is 18.0. The maximum atomic E-state index is 6.27. The molecule has 0 unspecified atom stereocenters. The molecule has 1 aliphatic heterocycles. The standard InChI is InChI=1S/C12H18BOP/c1-9(2)15(10(3)4)13-11-7-5-6-8-12(11)14-15/h5-10H,1-4H3. The van der Waals surface area contributed by atoms with E-state index in [1.807, 2.05) is 6.07 Å². The summed E-state index contributed by atoms with van der Waals surface area (Å²) < 4.78 is 6.27. The lowest BCUT2D eigenvalue weighted by atomic mass is 9.94. The van der Waals surface area contributed by atoms with Crippen LogP contribution < -0.4 is 9.99 Å². The summed E-state index contributed by atoms with van der Waals surface area (Å²) >= 11 is 0. The molecular weight excluding hydrogens is 202 g/mol. The van der Waals surface area contributed by atoms with Crippen LogP contribution in [0.1, 0.15) is 27.7 Å². The fraction of sp³-hybridized carbons (Fsp3) is 0.500. The topological polar surface area (TPSA) is 9.23 Å². The van der Waals surface area contributed by atoms with Gasteiger partial charge in [0.25, 0.3) is 0 Å². The van der Waals surface area contributed by atoms with Crippen molar-refractivity contribution in [2.45, 2.75) is 39.0 Å². The third-order valence-electron chi connectivity index (χ3n) is 3.13. The van der Waals surface area contributed by atoms with Crippen molar-refractivity contribution < 1.29 is 4.52 Å². The third kappa shape index (κ3) is 1.70. The fourth-order valence-electron chi connectivity index (χ4n) is 2.19. The zero-order valence-corrected chi connectivity index (χ0v) is 10.8. The molecule has 0 amide bonds. The van der Waals surface area contributed by atoms with Crippen molar-refractivity contribution in [3.8, 4) is 5.75 Å². The maximum absolute atomic E-state index is 6.27. The van der Waals surface area contributed by atoms with E-state index < -0.39 is 7.37 Å². The van der Waals surface area contributed by atoms with Crippen molar-refractivity contribution in [3.63, 3.8) is 0 Å². The summed E-state index contributed by atoms with van der Waals surface area (Å²) in [6.45, 7) is 11.5. The first kappa shape index (κ1) is 11.0. The van der Waals surface area contributed by atoms with Crippen molar-refractivity contribution in [3.05, 3.63) is 24.3 Å². The van der Waals surface area contributed by atoms with Gasteiger partial charge in [-0.25, -0.2) is 0 Å². The van der Waals surface area contributed by atoms with Crippen molar-refractivity contribution in [1.29, 1.82) is 0 Å². The molecule has 2 rings (SSSR count). The Kier molecular flexibility index (Phi) is 2.81. The van der Waals surface area contributed by atoms with Crippen LogP contribution in [-0.2, 0) is 0 Å². The predicted octanol–water partition coefficient (Wildman–Crippen LogP) is 3.07. The van der Waals surface area contributed by atoms with E-state index in [1.54, 1.807) is 0 Å². The highest BCUT2D eigenvalue weighted by Crippen LogP contribution is 2.67. The van der Waals surface area contributed by atoms with Crippen LogP contribution in [0.4, 0.5) is 0 Å². The molecule has 1 heterocycles. The first-order valence-electron chi connectivity index (χ1n) is 5.59. The van der Waals surface area contributed by atoms with Gasteiger partial charge in [0, 0.05) is 7.00 Å². The van der Waals surface area contributed by atoms with E-state index in [1.165, 1.54) is 5.46 Å². The fourth-order valence-corrected chi connectivity index (χ4v) is 5.61. The molecule has 0 aliphatic carbocycles. The number of fused-ring (bicyclic) bond motifs is 1. The highest BCUT2D eigenvalue weighted by molar-refractivity contribution is 8.00. The minimum absolute atomic E-state index is 0.602. The van der Waals surface area contributed by atoms with Gasteiger partial charge in [-0.2, -0.15) is 5.46 Å². The van der Waals surface area contributed by atoms with Crippen LogP contribution >= 0.6 is 7.37 Å². The highest BCUT2D eigenvalue weighted by atomic mass is 31.2. The summed E-state index contributed by atoms with van der Waals surface area (Å²) in [6, 6.07) is 8.37. The number of benzene rings is 1. The van der Waals surface area contributed by atoms with E-state index in [0.717, 1.165) is 5.75 Å². The summed E-state index contributed by atoms with van der Waals surface area (Å²) in [5.41, 5.74) is 2.49. The summed E-state index contributed by atoms with van der Waals surface area (Å²) in [7, 11) is -1.40. The van der Waals surface area contributed by atoms with Crippen LogP contribution in [0.25, 0.3) is 0 Å². The van der Waals surface area contributed by atoms with Gasteiger partial charge < -0.3 is 4.52 Å². The molecule has 1 aromatic rings. The molecule has 0 spiro atoms. The first-order chi connectivity index (χ1) is 7.06. The van der Waals surface area contributed by atoms with Gasteiger partial charge in [-0.1, -0.05) is 18.2 Å². The molecule has 2 radical (unpaired) electrons. The zero-order valence-electron chi connectivity index (χ0n) is 9.90. The predicted molar refractivity (Wildman–Crippen MR) is 69.7 cm³/mol. The lowest BCUT2D eigenvalue weighted by molar-refractivity contribution is 0.596. The smallest absolute Gasteiger partial charge is 0.130 e. The number of hydrogen-bond donors (Lipinski definition) is 0. The molecule has 0 saturated heterocycles. The Labute approximate surface area is 93.8 Å². The Balaban J connectivity index is 2.36. The van der Waals surface area contributed by atoms with Crippen molar-refractivity contribution in [2.75, 3.05) is 0 Å². The molecule has 0 aromatic heterocycles. The Morgan fingerprint density at radius 3 is 2.20 bits per heavy atom. The number of hydrogen-bond acceptors (Lipinski definition) is 1. The molecule has 15 heavy (non-hydrogen) atoms. The lowest BCUT2D eigenvalue weighted by Gasteiger charge is -2.38. The van der Waals surface area contributed by atoms with E-state index in [4.69, 9.17) is 4.52 Å². The summed E-state index contributed by atoms with van der Waals surface area (Å²) in [5, 5.41) is 0. The summed E-state index contributed by atoms with van der Waals surface area (Å²) in [6.07, 6.45) is 0. The van der Waals surface area contributed by atoms with Crippen molar-refractivity contribution in [2.24, 2.45) is 0 Å². The molecule has 1 aliphatic rings. The second kappa shape index (κ2) is 3.83. The molecule has 0 atom stereocenters. The van der Waals surface area contributed by atoms with Crippen LogP contribution in [-0.4, -0.2) is 18.3 Å². The summed E-state index contributed by atoms with van der Waals surface area (Å²) in [4.78, 5) is 0. The first-order valence-corrected chi connectivity index (χ1v) is 7.50. The van der Waals surface area contributed by atoms with Crippen molar-refractivity contribution in [1.82, 2.24) is 0 Å². The van der Waals surface area contributed by atoms with Gasteiger partial charge in [0.1, 0.15) is 5.75 Å². The van der Waals surface area contributed by atoms with Crippen LogP contribution in [0.5, 0.6) is 5.75 Å². The number of rotatable bonds is 2. The van der Waals surface area contributed by atoms with Gasteiger partial charge in [0.15, 0.2) is 0 Å². The highest BCUT2D eigenvalue weighted by Gasteiger charge is 2.41. The average Bonchev–Trinajstić information content (AvgIpc) is 2.57. The van der Waals surface area contributed by atoms with Crippen LogP contribution in [0.2, 0.25) is 0 Å². The summed E-state index contributed by atoms with van der Waals surface area (Å²) in [5.74, 6) is 1.08. The average molecular weight is 220 g/mol. The van der Waals surface area contributed by atoms with Crippen LogP contribution in [0.3, 0.4) is 0 Å². The Bertz CT molecular complexity index is 327. The molecule has 0 N–H and O–H groups in total. The largest absolute Gasteiger partial charge is 0.406 e. The van der Waals surface area contributed by atoms with Gasteiger partial charge in [-0.15, -0.1) is 0 Å². The van der Waals surface area contributed by atoms with Gasteiger partial charge in [0.2, 0.25) is 0 Å². The second-order valence-corrected chi connectivity index (χ2v) is 8.74. The molecule has 0 saturated carbocycles. The Morgan fingerprint density at radius 1 is 1.07 bits per heavy atom. The van der Waals surface area contributed by atoms with Crippen LogP contribution in [0, 0.1) is 0 Å².